The third-order valence-electron chi connectivity index (χ3n) is 3.82. The van der Waals surface area contributed by atoms with Crippen LogP contribution in [0.4, 0.5) is 5.82 Å². The van der Waals surface area contributed by atoms with Crippen molar-refractivity contribution < 1.29 is 0 Å². The van der Waals surface area contributed by atoms with Crippen molar-refractivity contribution in [3.8, 4) is 0 Å². The fourth-order valence-electron chi connectivity index (χ4n) is 2.65. The second-order valence-corrected chi connectivity index (χ2v) is 5.32. The van der Waals surface area contributed by atoms with Gasteiger partial charge in [-0.15, -0.1) is 0 Å². The Kier molecular flexibility index (Phi) is 4.55. The Balaban J connectivity index is 1.96. The van der Waals surface area contributed by atoms with Crippen LogP contribution in [0.25, 0.3) is 0 Å². The summed E-state index contributed by atoms with van der Waals surface area (Å²) < 4.78 is 0. The van der Waals surface area contributed by atoms with Gasteiger partial charge in [0.05, 0.1) is 0 Å². The zero-order valence-electron chi connectivity index (χ0n) is 11.5. The van der Waals surface area contributed by atoms with Crippen LogP contribution in [0.5, 0.6) is 0 Å². The lowest BCUT2D eigenvalue weighted by atomic mass is 9.96. The van der Waals surface area contributed by atoms with Crippen LogP contribution in [0, 0.1) is 5.92 Å². The Bertz CT molecular complexity index is 372. The molecule has 4 heteroatoms. The molecule has 1 aromatic heterocycles. The van der Waals surface area contributed by atoms with E-state index in [1.807, 2.05) is 12.3 Å². The first kappa shape index (κ1) is 13.3. The van der Waals surface area contributed by atoms with Crippen LogP contribution in [-0.4, -0.2) is 43.6 Å². The average Bonchev–Trinajstić information content (AvgIpc) is 2.41. The van der Waals surface area contributed by atoms with Crippen molar-refractivity contribution in [2.45, 2.75) is 19.4 Å². The molecule has 4 nitrogen and oxygen atoms in total. The zero-order chi connectivity index (χ0) is 13.0. The smallest absolute Gasteiger partial charge is 0.132 e. The number of hydrogen-bond acceptors (Lipinski definition) is 4. The lowest BCUT2D eigenvalue weighted by molar-refractivity contribution is 0.222. The van der Waals surface area contributed by atoms with E-state index in [1.165, 1.54) is 25.9 Å². The molecule has 1 aliphatic rings. The highest BCUT2D eigenvalue weighted by Gasteiger charge is 2.19. The molecule has 0 aromatic carbocycles. The predicted octanol–water partition coefficient (Wildman–Crippen LogP) is 1.32. The minimum Gasteiger partial charge on any atom is -0.359 e. The Morgan fingerprint density at radius 1 is 1.44 bits per heavy atom. The minimum absolute atomic E-state index is 0.556. The summed E-state index contributed by atoms with van der Waals surface area (Å²) in [6.45, 7) is 4.06. The first-order valence-corrected chi connectivity index (χ1v) is 6.74. The SMILES string of the molecule is CN1CCC(CN(C)c2ncccc2CN)CC1. The Morgan fingerprint density at radius 2 is 2.17 bits per heavy atom. The average molecular weight is 248 g/mol. The number of rotatable bonds is 4. The molecule has 2 rings (SSSR count). The number of aromatic nitrogens is 1. The molecule has 0 unspecified atom stereocenters. The van der Waals surface area contributed by atoms with Crippen molar-refractivity contribution in [2.75, 3.05) is 38.6 Å². The summed E-state index contributed by atoms with van der Waals surface area (Å²) in [5.74, 6) is 1.82. The van der Waals surface area contributed by atoms with E-state index in [9.17, 15) is 0 Å². The summed E-state index contributed by atoms with van der Waals surface area (Å²) in [5.41, 5.74) is 6.90. The number of likely N-dealkylation sites (tertiary alicyclic amines) is 1. The summed E-state index contributed by atoms with van der Waals surface area (Å²) in [5, 5.41) is 0. The van der Waals surface area contributed by atoms with Crippen LogP contribution < -0.4 is 10.6 Å². The highest BCUT2D eigenvalue weighted by Crippen LogP contribution is 2.21. The largest absolute Gasteiger partial charge is 0.359 e. The van der Waals surface area contributed by atoms with E-state index in [2.05, 4.69) is 34.9 Å². The number of nitrogens with zero attached hydrogens (tertiary/aromatic N) is 3. The molecule has 0 radical (unpaired) electrons. The normalized spacial score (nSPS) is 17.9. The van der Waals surface area contributed by atoms with E-state index in [0.29, 0.717) is 6.54 Å². The van der Waals surface area contributed by atoms with E-state index in [1.54, 1.807) is 0 Å². The second kappa shape index (κ2) is 6.16. The van der Waals surface area contributed by atoms with Crippen molar-refractivity contribution in [1.82, 2.24) is 9.88 Å². The summed E-state index contributed by atoms with van der Waals surface area (Å²) in [6.07, 6.45) is 4.41. The maximum atomic E-state index is 5.77. The van der Waals surface area contributed by atoms with E-state index >= 15 is 0 Å². The van der Waals surface area contributed by atoms with E-state index in [4.69, 9.17) is 5.73 Å². The Morgan fingerprint density at radius 3 is 2.83 bits per heavy atom. The molecule has 0 atom stereocenters. The van der Waals surface area contributed by atoms with Crippen LogP contribution in [0.3, 0.4) is 0 Å². The van der Waals surface area contributed by atoms with Crippen molar-refractivity contribution in [2.24, 2.45) is 11.7 Å². The monoisotopic (exact) mass is 248 g/mol. The summed E-state index contributed by atoms with van der Waals surface area (Å²) in [6, 6.07) is 4.02. The van der Waals surface area contributed by atoms with E-state index in [0.717, 1.165) is 23.8 Å². The fourth-order valence-corrected chi connectivity index (χ4v) is 2.65. The lowest BCUT2D eigenvalue weighted by Crippen LogP contribution is -2.36. The van der Waals surface area contributed by atoms with Crippen LogP contribution in [0.1, 0.15) is 18.4 Å². The van der Waals surface area contributed by atoms with Crippen molar-refractivity contribution >= 4 is 5.82 Å². The van der Waals surface area contributed by atoms with Gasteiger partial charge in [0.25, 0.3) is 0 Å². The molecule has 1 aliphatic heterocycles. The third-order valence-corrected chi connectivity index (χ3v) is 3.82. The molecule has 1 fully saturated rings. The zero-order valence-corrected chi connectivity index (χ0v) is 11.5. The van der Waals surface area contributed by atoms with Gasteiger partial charge in [-0.25, -0.2) is 4.98 Å². The lowest BCUT2D eigenvalue weighted by Gasteiger charge is -2.32. The Hall–Kier alpha value is -1.13. The minimum atomic E-state index is 0.556. The first-order valence-electron chi connectivity index (χ1n) is 6.74. The number of anilines is 1. The molecule has 0 aliphatic carbocycles. The molecule has 0 saturated carbocycles. The fraction of sp³-hybridized carbons (Fsp3) is 0.643. The summed E-state index contributed by atoms with van der Waals surface area (Å²) in [7, 11) is 4.32. The molecule has 2 N–H and O–H groups in total. The molecular formula is C14H24N4. The highest BCUT2D eigenvalue weighted by atomic mass is 15.2. The standard InChI is InChI=1S/C14H24N4/c1-17-8-5-12(6-9-17)11-18(2)14-13(10-15)4-3-7-16-14/h3-4,7,12H,5-6,8-11,15H2,1-2H3. The number of pyridine rings is 1. The van der Waals surface area contributed by atoms with Gasteiger partial charge in [-0.2, -0.15) is 0 Å². The van der Waals surface area contributed by atoms with Gasteiger partial charge in [0.1, 0.15) is 5.82 Å². The van der Waals surface area contributed by atoms with Gasteiger partial charge in [-0.05, 0) is 45.0 Å². The predicted molar refractivity (Wildman–Crippen MR) is 75.6 cm³/mol. The number of nitrogens with two attached hydrogens (primary N) is 1. The molecule has 1 saturated heterocycles. The van der Waals surface area contributed by atoms with Gasteiger partial charge in [0.2, 0.25) is 0 Å². The molecule has 2 heterocycles. The molecular weight excluding hydrogens is 224 g/mol. The number of piperidine rings is 1. The quantitative estimate of drug-likeness (QED) is 0.873. The third kappa shape index (κ3) is 3.21. The van der Waals surface area contributed by atoms with Gasteiger partial charge >= 0.3 is 0 Å². The maximum Gasteiger partial charge on any atom is 0.132 e. The molecule has 0 amide bonds. The molecule has 1 aromatic rings. The van der Waals surface area contributed by atoms with Crippen LogP contribution in [-0.2, 0) is 6.54 Å². The van der Waals surface area contributed by atoms with Gasteiger partial charge in [-0.3, -0.25) is 0 Å². The van der Waals surface area contributed by atoms with Crippen molar-refractivity contribution in [1.29, 1.82) is 0 Å². The summed E-state index contributed by atoms with van der Waals surface area (Å²) >= 11 is 0. The van der Waals surface area contributed by atoms with Crippen LogP contribution >= 0.6 is 0 Å². The maximum absolute atomic E-state index is 5.77. The van der Waals surface area contributed by atoms with Gasteiger partial charge < -0.3 is 15.5 Å². The second-order valence-electron chi connectivity index (χ2n) is 5.32. The molecule has 0 bridgehead atoms. The topological polar surface area (TPSA) is 45.4 Å². The van der Waals surface area contributed by atoms with Crippen LogP contribution in [0.15, 0.2) is 18.3 Å². The van der Waals surface area contributed by atoms with Crippen molar-refractivity contribution in [3.63, 3.8) is 0 Å². The van der Waals surface area contributed by atoms with Crippen LogP contribution in [0.2, 0.25) is 0 Å². The Labute approximate surface area is 110 Å². The van der Waals surface area contributed by atoms with Gasteiger partial charge in [-0.1, -0.05) is 6.07 Å². The molecule has 0 spiro atoms. The van der Waals surface area contributed by atoms with Crippen molar-refractivity contribution in [3.05, 3.63) is 23.9 Å². The first-order chi connectivity index (χ1) is 8.70. The molecule has 100 valence electrons. The van der Waals surface area contributed by atoms with Gasteiger partial charge in [0, 0.05) is 31.9 Å². The number of hydrogen-bond donors (Lipinski definition) is 1. The van der Waals surface area contributed by atoms with E-state index in [-0.39, 0.29) is 0 Å². The molecule has 18 heavy (non-hydrogen) atoms. The van der Waals surface area contributed by atoms with Gasteiger partial charge in [0.15, 0.2) is 0 Å². The highest BCUT2D eigenvalue weighted by molar-refractivity contribution is 5.45. The van der Waals surface area contributed by atoms with E-state index < -0.39 is 0 Å². The summed E-state index contributed by atoms with van der Waals surface area (Å²) in [4.78, 5) is 9.13.